The number of aliphatic hydroxyl groups is 2. The molecule has 1 aliphatic carbocycles. The topological polar surface area (TPSA) is 124 Å². The Morgan fingerprint density at radius 2 is 2.00 bits per heavy atom. The van der Waals surface area contributed by atoms with Crippen molar-refractivity contribution in [2.45, 2.75) is 70.5 Å². The van der Waals surface area contributed by atoms with Gasteiger partial charge in [0.1, 0.15) is 29.1 Å². The minimum Gasteiger partial charge on any atom is -0.492 e. The van der Waals surface area contributed by atoms with Gasteiger partial charge in [0, 0.05) is 43.4 Å². The minimum atomic E-state index is -1.12. The van der Waals surface area contributed by atoms with Crippen LogP contribution in [-0.2, 0) is 20.7 Å². The fraction of sp³-hybridized carbons (Fsp3) is 0.441. The first kappa shape index (κ1) is 29.1. The second-order valence-corrected chi connectivity index (χ2v) is 11.9. The Bertz CT molecular complexity index is 1660. The Labute approximate surface area is 250 Å². The molecule has 2 aromatic rings. The summed E-state index contributed by atoms with van der Waals surface area (Å²) in [6.07, 6.45) is 5.45. The number of aliphatic hydroxyl groups excluding tert-OH is 1. The molecule has 43 heavy (non-hydrogen) atoms. The number of ether oxygens (including phenoxy) is 4. The maximum Gasteiger partial charge on any atom is 0.374 e. The van der Waals surface area contributed by atoms with Crippen LogP contribution >= 0.6 is 0 Å². The summed E-state index contributed by atoms with van der Waals surface area (Å²) in [5, 5.41) is 22.2. The van der Waals surface area contributed by atoms with E-state index >= 15 is 0 Å². The van der Waals surface area contributed by atoms with Crippen LogP contribution in [0.2, 0.25) is 0 Å². The van der Waals surface area contributed by atoms with E-state index in [4.69, 9.17) is 18.9 Å². The number of ketones is 1. The first-order valence-corrected chi connectivity index (χ1v) is 15.0. The van der Waals surface area contributed by atoms with Crippen molar-refractivity contribution in [2.75, 3.05) is 26.4 Å². The van der Waals surface area contributed by atoms with E-state index < -0.39 is 17.7 Å². The van der Waals surface area contributed by atoms with Crippen molar-refractivity contribution >= 4 is 23.4 Å². The SMILES string of the molecule is CCOC(=O)C1=C/C(=C2\CCC(=O)[C@@H](c3ccc4c(c3)=CCN=4)C2)c2c(cc3c(c2OCCCO)C[C@@H](C(C)(C)O)O3)O1. The van der Waals surface area contributed by atoms with E-state index in [2.05, 4.69) is 17.1 Å². The first-order valence-electron chi connectivity index (χ1n) is 15.0. The fourth-order valence-electron chi connectivity index (χ4n) is 6.19. The smallest absolute Gasteiger partial charge is 0.374 e. The lowest BCUT2D eigenvalue weighted by Gasteiger charge is -2.29. The number of hydrogen-bond acceptors (Lipinski definition) is 9. The molecule has 6 rings (SSSR count). The van der Waals surface area contributed by atoms with E-state index in [1.165, 1.54) is 0 Å². The predicted octanol–water partition coefficient (Wildman–Crippen LogP) is 3.07. The second-order valence-electron chi connectivity index (χ2n) is 11.9. The van der Waals surface area contributed by atoms with Crippen LogP contribution in [0.4, 0.5) is 0 Å². The van der Waals surface area contributed by atoms with Crippen molar-refractivity contribution in [3.8, 4) is 17.2 Å². The Morgan fingerprint density at radius 3 is 2.77 bits per heavy atom. The summed E-state index contributed by atoms with van der Waals surface area (Å²) in [7, 11) is 0. The number of nitrogens with zero attached hydrogens (tertiary/aromatic N) is 1. The Morgan fingerprint density at radius 1 is 1.16 bits per heavy atom. The zero-order valence-electron chi connectivity index (χ0n) is 24.8. The molecule has 0 aromatic heterocycles. The molecule has 0 saturated heterocycles. The van der Waals surface area contributed by atoms with Crippen molar-refractivity contribution in [1.82, 2.24) is 0 Å². The van der Waals surface area contributed by atoms with Crippen molar-refractivity contribution in [3.63, 3.8) is 0 Å². The summed E-state index contributed by atoms with van der Waals surface area (Å²) >= 11 is 0. The van der Waals surface area contributed by atoms with Crippen LogP contribution in [0.3, 0.4) is 0 Å². The number of carbonyl (C=O) groups is 2. The molecule has 0 radical (unpaired) electrons. The number of rotatable bonds is 8. The highest BCUT2D eigenvalue weighted by atomic mass is 16.6. The number of allylic oxidation sites excluding steroid dienone is 3. The Kier molecular flexibility index (Phi) is 7.87. The van der Waals surface area contributed by atoms with Gasteiger partial charge in [0.25, 0.3) is 0 Å². The fourth-order valence-corrected chi connectivity index (χ4v) is 6.19. The number of hydrogen-bond donors (Lipinski definition) is 2. The lowest BCUT2D eigenvalue weighted by atomic mass is 9.77. The molecule has 4 aliphatic rings. The molecule has 2 N–H and O–H groups in total. The number of benzene rings is 2. The van der Waals surface area contributed by atoms with Crippen LogP contribution in [0.15, 0.2) is 46.7 Å². The van der Waals surface area contributed by atoms with Crippen LogP contribution in [-0.4, -0.2) is 60.0 Å². The predicted molar refractivity (Wildman–Crippen MR) is 158 cm³/mol. The van der Waals surface area contributed by atoms with Crippen molar-refractivity contribution in [3.05, 3.63) is 68.9 Å². The molecule has 226 valence electrons. The van der Waals surface area contributed by atoms with Gasteiger partial charge < -0.3 is 29.2 Å². The number of fused-ring (bicyclic) bond motifs is 3. The van der Waals surface area contributed by atoms with Crippen LogP contribution in [0.25, 0.3) is 11.6 Å². The maximum atomic E-state index is 13.3. The molecule has 2 atom stereocenters. The third kappa shape index (κ3) is 5.59. The lowest BCUT2D eigenvalue weighted by molar-refractivity contribution is -0.141. The molecule has 1 fully saturated rings. The van der Waals surface area contributed by atoms with E-state index in [0.717, 1.165) is 32.8 Å². The molecular formula is C34H37NO8. The highest BCUT2D eigenvalue weighted by molar-refractivity contribution is 5.98. The summed E-state index contributed by atoms with van der Waals surface area (Å²) < 4.78 is 23.9. The van der Waals surface area contributed by atoms with Gasteiger partial charge in [0.15, 0.2) is 0 Å². The molecule has 3 aliphatic heterocycles. The molecule has 0 spiro atoms. The van der Waals surface area contributed by atoms with Crippen molar-refractivity contribution < 1.29 is 38.7 Å². The van der Waals surface area contributed by atoms with E-state index in [9.17, 15) is 19.8 Å². The summed E-state index contributed by atoms with van der Waals surface area (Å²) in [4.78, 5) is 30.7. The molecule has 1 saturated carbocycles. The Balaban J connectivity index is 1.50. The van der Waals surface area contributed by atoms with Crippen LogP contribution in [0.5, 0.6) is 17.2 Å². The zero-order chi connectivity index (χ0) is 30.3. The van der Waals surface area contributed by atoms with Gasteiger partial charge in [-0.1, -0.05) is 17.7 Å². The normalized spacial score (nSPS) is 22.3. The molecule has 0 bridgehead atoms. The molecular weight excluding hydrogens is 550 g/mol. The highest BCUT2D eigenvalue weighted by Gasteiger charge is 2.41. The number of Topliss-reactive ketones (excluding diaryl/α,β-unsaturated/α-hetero) is 1. The summed E-state index contributed by atoms with van der Waals surface area (Å²) in [5.74, 6) is 0.716. The zero-order valence-corrected chi connectivity index (χ0v) is 24.8. The van der Waals surface area contributed by atoms with Gasteiger partial charge in [0.05, 0.1) is 36.3 Å². The van der Waals surface area contributed by atoms with Gasteiger partial charge in [0.2, 0.25) is 5.76 Å². The van der Waals surface area contributed by atoms with Crippen LogP contribution < -0.4 is 24.8 Å². The number of esters is 1. The molecule has 0 amide bonds. The molecule has 9 nitrogen and oxygen atoms in total. The van der Waals surface area contributed by atoms with Crippen molar-refractivity contribution in [1.29, 1.82) is 0 Å². The maximum absolute atomic E-state index is 13.3. The van der Waals surface area contributed by atoms with E-state index in [1.807, 2.05) is 12.1 Å². The minimum absolute atomic E-state index is 0.0351. The van der Waals surface area contributed by atoms with Gasteiger partial charge in [-0.15, -0.1) is 0 Å². The third-order valence-electron chi connectivity index (χ3n) is 8.46. The van der Waals surface area contributed by atoms with Gasteiger partial charge in [-0.2, -0.15) is 0 Å². The van der Waals surface area contributed by atoms with Gasteiger partial charge >= 0.3 is 5.97 Å². The van der Waals surface area contributed by atoms with Crippen LogP contribution in [0.1, 0.15) is 69.1 Å². The quantitative estimate of drug-likeness (QED) is 0.357. The molecule has 9 heteroatoms. The average molecular weight is 588 g/mol. The van der Waals surface area contributed by atoms with Gasteiger partial charge in [-0.3, -0.25) is 9.79 Å². The first-order chi connectivity index (χ1) is 20.7. The lowest BCUT2D eigenvalue weighted by Crippen LogP contribution is -2.39. The standard InChI is InChI=1S/C34H37NO8/c1-4-40-33(38)29-16-23(20-7-9-26(37)22(15-20)19-6-8-25-21(14-19)10-11-35-25)31-28(42-29)18-27-24(32(31)41-13-5-12-36)17-30(43-27)34(2,3)39/h6,8,10,14,16,18,22,30,36,39H,4-5,7,9,11-13,15,17H2,1-3H3/b23-20-/t22-,30+/m1/s1. The summed E-state index contributed by atoms with van der Waals surface area (Å²) in [6, 6.07) is 7.76. The van der Waals surface area contributed by atoms with Crippen molar-refractivity contribution in [2.24, 2.45) is 4.99 Å². The van der Waals surface area contributed by atoms with Gasteiger partial charge in [-0.05, 0) is 68.2 Å². The largest absolute Gasteiger partial charge is 0.492 e. The van der Waals surface area contributed by atoms with E-state index in [-0.39, 0.29) is 37.3 Å². The number of carbonyl (C=O) groups excluding carboxylic acids is 2. The average Bonchev–Trinajstić information content (AvgIpc) is 3.63. The van der Waals surface area contributed by atoms with E-state index in [0.29, 0.717) is 61.5 Å². The summed E-state index contributed by atoms with van der Waals surface area (Å²) in [6.45, 7) is 6.18. The monoisotopic (exact) mass is 587 g/mol. The Hall–Kier alpha value is -3.95. The highest BCUT2D eigenvalue weighted by Crippen LogP contribution is 2.52. The second kappa shape index (κ2) is 11.6. The van der Waals surface area contributed by atoms with E-state index in [1.54, 1.807) is 32.9 Å². The molecule has 3 heterocycles. The third-order valence-corrected chi connectivity index (χ3v) is 8.46. The summed E-state index contributed by atoms with van der Waals surface area (Å²) in [5.41, 5.74) is 3.07. The molecule has 2 aromatic carbocycles. The van der Waals surface area contributed by atoms with Crippen LogP contribution in [0, 0.1) is 0 Å². The van der Waals surface area contributed by atoms with Gasteiger partial charge in [-0.25, -0.2) is 4.79 Å². The molecule has 0 unspecified atom stereocenters.